The summed E-state index contributed by atoms with van der Waals surface area (Å²) in [5.74, 6) is -1.23. The number of rotatable bonds is 3. The van der Waals surface area contributed by atoms with Crippen LogP contribution in [0, 0.1) is 0 Å². The van der Waals surface area contributed by atoms with Crippen LogP contribution >= 0.6 is 12.2 Å². The molecular weight excluding hydrogens is 356 g/mol. The summed E-state index contributed by atoms with van der Waals surface area (Å²) < 4.78 is 0. The van der Waals surface area contributed by atoms with Crippen LogP contribution in [0.25, 0.3) is 0 Å². The van der Waals surface area contributed by atoms with E-state index in [1.807, 2.05) is 0 Å². The molecule has 136 valence electrons. The molecule has 0 bridgehead atoms. The topological polar surface area (TPSA) is 98.8 Å². The highest BCUT2D eigenvalue weighted by molar-refractivity contribution is 7.80. The molecule has 2 fully saturated rings. The van der Waals surface area contributed by atoms with Gasteiger partial charge in [0.2, 0.25) is 17.7 Å². The first kappa shape index (κ1) is 18.2. The van der Waals surface area contributed by atoms with Gasteiger partial charge in [-0.1, -0.05) is 0 Å². The molecule has 3 rings (SSSR count). The minimum Gasteiger partial charge on any atom is -0.325 e. The van der Waals surface area contributed by atoms with Crippen LogP contribution in [0.4, 0.5) is 5.69 Å². The molecule has 0 aromatic heterocycles. The minimum atomic E-state index is -1.12. The molecule has 2 N–H and O–H groups in total. The molecule has 2 heterocycles. The van der Waals surface area contributed by atoms with Crippen molar-refractivity contribution in [2.45, 2.75) is 38.8 Å². The number of ketones is 1. The predicted molar refractivity (Wildman–Crippen MR) is 97.0 cm³/mol. The SMILES string of the molecule is CC(=O)c1ccc(NC(=O)[C@@H]2CC(=O)N3C(=S)NC(=O)C(C)(C)N23)cc1. The molecular formula is C17H18N4O4S. The lowest BCUT2D eigenvalue weighted by atomic mass is 10.00. The number of nitrogens with zero attached hydrogens (tertiary/aromatic N) is 2. The lowest BCUT2D eigenvalue weighted by Gasteiger charge is -2.45. The number of hydrogen-bond acceptors (Lipinski definition) is 6. The van der Waals surface area contributed by atoms with E-state index < -0.39 is 17.5 Å². The Labute approximate surface area is 155 Å². The van der Waals surface area contributed by atoms with Crippen LogP contribution in [0.2, 0.25) is 0 Å². The van der Waals surface area contributed by atoms with Crippen LogP contribution < -0.4 is 10.6 Å². The van der Waals surface area contributed by atoms with Crippen LogP contribution in [0.1, 0.15) is 37.6 Å². The van der Waals surface area contributed by atoms with Crippen LogP contribution in [0.15, 0.2) is 24.3 Å². The second kappa shape index (κ2) is 6.26. The van der Waals surface area contributed by atoms with Gasteiger partial charge in [-0.25, -0.2) is 5.01 Å². The van der Waals surface area contributed by atoms with Gasteiger partial charge in [0.15, 0.2) is 10.9 Å². The molecule has 0 saturated carbocycles. The van der Waals surface area contributed by atoms with Crippen molar-refractivity contribution in [2.75, 3.05) is 5.32 Å². The number of amides is 3. The van der Waals surface area contributed by atoms with Crippen LogP contribution in [0.5, 0.6) is 0 Å². The molecule has 0 radical (unpaired) electrons. The Bertz CT molecular complexity index is 834. The first-order valence-electron chi connectivity index (χ1n) is 8.02. The Morgan fingerprint density at radius 1 is 1.23 bits per heavy atom. The zero-order chi connectivity index (χ0) is 19.2. The van der Waals surface area contributed by atoms with Gasteiger partial charge in [0.05, 0.1) is 6.42 Å². The van der Waals surface area contributed by atoms with E-state index in [1.54, 1.807) is 38.1 Å². The molecule has 0 unspecified atom stereocenters. The minimum absolute atomic E-state index is 0.0274. The molecule has 1 aromatic rings. The summed E-state index contributed by atoms with van der Waals surface area (Å²) in [6.07, 6.45) is -0.0874. The Kier molecular flexibility index (Phi) is 4.37. The largest absolute Gasteiger partial charge is 0.325 e. The highest BCUT2D eigenvalue weighted by atomic mass is 32.1. The van der Waals surface area contributed by atoms with Gasteiger partial charge in [-0.15, -0.1) is 0 Å². The standard InChI is InChI=1S/C17H18N4O4S/c1-9(22)10-4-6-11(7-5-10)18-14(24)12-8-13(23)20-16(26)19-15(25)17(2,3)21(12)20/h4-7,12H,8H2,1-3H3,(H,18,24)(H,19,25,26)/t12-/m0/s1. The maximum Gasteiger partial charge on any atom is 0.248 e. The average molecular weight is 374 g/mol. The summed E-state index contributed by atoms with van der Waals surface area (Å²) in [4.78, 5) is 48.7. The molecule has 2 aliphatic heterocycles. The zero-order valence-electron chi connectivity index (χ0n) is 14.5. The summed E-state index contributed by atoms with van der Waals surface area (Å²) in [6, 6.07) is 5.58. The Hall–Kier alpha value is -2.65. The Balaban J connectivity index is 1.84. The summed E-state index contributed by atoms with van der Waals surface area (Å²) in [5, 5.41) is 7.79. The number of carbonyl (C=O) groups is 4. The van der Waals surface area contributed by atoms with E-state index in [-0.39, 0.29) is 29.1 Å². The normalized spacial score (nSPS) is 22.0. The smallest absolute Gasteiger partial charge is 0.248 e. The van der Waals surface area contributed by atoms with Gasteiger partial charge in [0, 0.05) is 11.3 Å². The lowest BCUT2D eigenvalue weighted by Crippen LogP contribution is -2.71. The van der Waals surface area contributed by atoms with Crippen molar-refractivity contribution in [3.63, 3.8) is 0 Å². The third-order valence-corrected chi connectivity index (χ3v) is 4.79. The van der Waals surface area contributed by atoms with Crippen molar-refractivity contribution < 1.29 is 19.2 Å². The molecule has 0 aliphatic carbocycles. The molecule has 1 aromatic carbocycles. The van der Waals surface area contributed by atoms with E-state index in [2.05, 4.69) is 10.6 Å². The fourth-order valence-electron chi connectivity index (χ4n) is 3.07. The van der Waals surface area contributed by atoms with E-state index in [1.165, 1.54) is 16.9 Å². The third-order valence-electron chi connectivity index (χ3n) is 4.52. The third kappa shape index (κ3) is 2.89. The van der Waals surface area contributed by atoms with E-state index in [9.17, 15) is 19.2 Å². The van der Waals surface area contributed by atoms with Gasteiger partial charge in [0.25, 0.3) is 0 Å². The van der Waals surface area contributed by atoms with Crippen LogP contribution in [-0.2, 0) is 14.4 Å². The average Bonchev–Trinajstić information content (AvgIpc) is 2.92. The summed E-state index contributed by atoms with van der Waals surface area (Å²) in [5.41, 5.74) is -0.0910. The quantitative estimate of drug-likeness (QED) is 0.601. The molecule has 0 spiro atoms. The maximum absolute atomic E-state index is 12.8. The molecule has 1 atom stereocenters. The van der Waals surface area contributed by atoms with Gasteiger partial charge in [-0.3, -0.25) is 24.5 Å². The number of nitrogens with one attached hydrogen (secondary N) is 2. The van der Waals surface area contributed by atoms with E-state index in [4.69, 9.17) is 12.2 Å². The highest BCUT2D eigenvalue weighted by Crippen LogP contribution is 2.32. The molecule has 2 saturated heterocycles. The fourth-order valence-corrected chi connectivity index (χ4v) is 3.36. The summed E-state index contributed by atoms with van der Waals surface area (Å²) >= 11 is 5.08. The number of hydrogen-bond donors (Lipinski definition) is 2. The number of hydrazine groups is 1. The molecule has 26 heavy (non-hydrogen) atoms. The van der Waals surface area contributed by atoms with Gasteiger partial charge in [0.1, 0.15) is 11.6 Å². The van der Waals surface area contributed by atoms with E-state index >= 15 is 0 Å². The van der Waals surface area contributed by atoms with Crippen molar-refractivity contribution in [1.82, 2.24) is 15.3 Å². The Morgan fingerprint density at radius 3 is 2.42 bits per heavy atom. The van der Waals surface area contributed by atoms with Gasteiger partial charge in [-0.2, -0.15) is 5.01 Å². The molecule has 3 amide bonds. The van der Waals surface area contributed by atoms with Crippen molar-refractivity contribution >= 4 is 46.5 Å². The van der Waals surface area contributed by atoms with E-state index in [0.29, 0.717) is 11.3 Å². The fraction of sp³-hybridized carbons (Fsp3) is 0.353. The van der Waals surface area contributed by atoms with Crippen molar-refractivity contribution in [1.29, 1.82) is 0 Å². The number of benzene rings is 1. The lowest BCUT2D eigenvalue weighted by molar-refractivity contribution is -0.154. The van der Waals surface area contributed by atoms with Gasteiger partial charge < -0.3 is 5.32 Å². The monoisotopic (exact) mass is 374 g/mol. The van der Waals surface area contributed by atoms with Gasteiger partial charge in [-0.05, 0) is 57.3 Å². The number of fused-ring (bicyclic) bond motifs is 1. The second-order valence-electron chi connectivity index (χ2n) is 6.71. The first-order chi connectivity index (χ1) is 12.1. The number of anilines is 1. The maximum atomic E-state index is 12.8. The zero-order valence-corrected chi connectivity index (χ0v) is 15.3. The van der Waals surface area contributed by atoms with Crippen molar-refractivity contribution in [3.05, 3.63) is 29.8 Å². The van der Waals surface area contributed by atoms with Crippen LogP contribution in [-0.4, -0.2) is 50.2 Å². The van der Waals surface area contributed by atoms with Crippen molar-refractivity contribution in [2.24, 2.45) is 0 Å². The molecule has 8 nitrogen and oxygen atoms in total. The molecule has 2 aliphatic rings. The number of thiocarbonyl (C=S) groups is 1. The highest BCUT2D eigenvalue weighted by Gasteiger charge is 2.56. The second-order valence-corrected chi connectivity index (χ2v) is 7.10. The Morgan fingerprint density at radius 2 is 1.85 bits per heavy atom. The summed E-state index contributed by atoms with van der Waals surface area (Å²) in [6.45, 7) is 4.70. The number of Topliss-reactive ketones (excluding diaryl/α,β-unsaturated/α-hetero) is 1. The number of carbonyl (C=O) groups excluding carboxylic acids is 4. The molecule has 9 heteroatoms. The van der Waals surface area contributed by atoms with Crippen molar-refractivity contribution in [3.8, 4) is 0 Å². The van der Waals surface area contributed by atoms with Gasteiger partial charge >= 0.3 is 0 Å². The first-order valence-corrected chi connectivity index (χ1v) is 8.43. The van der Waals surface area contributed by atoms with Crippen LogP contribution in [0.3, 0.4) is 0 Å². The summed E-state index contributed by atoms with van der Waals surface area (Å²) in [7, 11) is 0. The predicted octanol–water partition coefficient (Wildman–Crippen LogP) is 0.839. The van der Waals surface area contributed by atoms with E-state index in [0.717, 1.165) is 0 Å².